The summed E-state index contributed by atoms with van der Waals surface area (Å²) in [6.45, 7) is 15.9. The standard InChI is InChI=1S/C28H62N2O13Si3/c1-38-12-13-39-14-15-40-16-17-41-21-22(32)19-30(10-8-18-44-28(42-45(2,3)4)43-46(5,6)7)11-9-29-27(37)26(36)25(35)24(34)23(33)20-31/h22-26,28,31-36H,8-21H2,1-7H3,(H,29,37)/t22?,23-,24-,25+,26-/m1/s1. The number of nitrogens with one attached hydrogen (secondary N) is 1. The molecule has 0 aliphatic rings. The van der Waals surface area contributed by atoms with E-state index >= 15 is 0 Å². The summed E-state index contributed by atoms with van der Waals surface area (Å²) in [4.78, 5) is 14.3. The minimum atomic E-state index is -2.02. The highest BCUT2D eigenvalue weighted by Crippen LogP contribution is 2.15. The van der Waals surface area contributed by atoms with E-state index in [1.54, 1.807) is 7.11 Å². The van der Waals surface area contributed by atoms with Crippen LogP contribution in [0.25, 0.3) is 0 Å². The maximum atomic E-state index is 12.4. The number of carbonyl (C=O) groups is 1. The third kappa shape index (κ3) is 24.7. The molecular formula is C28H62N2O13Si3. The Morgan fingerprint density at radius 3 is 1.87 bits per heavy atom. The summed E-state index contributed by atoms with van der Waals surface area (Å²) in [5.74, 6) is -1.18. The molecule has 0 saturated carbocycles. The average molecular weight is 719 g/mol. The number of rotatable bonds is 30. The molecule has 0 fully saturated rings. The molecule has 0 rings (SSSR count). The van der Waals surface area contributed by atoms with Crippen LogP contribution in [0.1, 0.15) is 6.42 Å². The van der Waals surface area contributed by atoms with Crippen LogP contribution in [0, 0.1) is 0 Å². The fourth-order valence-electron chi connectivity index (χ4n) is 3.84. The van der Waals surface area contributed by atoms with Crippen LogP contribution < -0.4 is 5.32 Å². The highest BCUT2D eigenvalue weighted by Gasteiger charge is 2.34. The van der Waals surface area contributed by atoms with E-state index in [1.165, 1.54) is 0 Å². The lowest BCUT2D eigenvalue weighted by molar-refractivity contribution is -0.148. The molecule has 0 saturated heterocycles. The first-order chi connectivity index (χ1) is 21.5. The first-order valence-corrected chi connectivity index (χ1v) is 23.9. The molecule has 1 amide bonds. The Morgan fingerprint density at radius 2 is 1.35 bits per heavy atom. The van der Waals surface area contributed by atoms with Gasteiger partial charge in [0.1, 0.15) is 33.7 Å². The molecule has 0 aromatic carbocycles. The summed E-state index contributed by atoms with van der Waals surface area (Å²) in [7, 11) is -1.57. The summed E-state index contributed by atoms with van der Waals surface area (Å²) in [5.41, 5.74) is 0. The van der Waals surface area contributed by atoms with E-state index in [0.29, 0.717) is 62.3 Å². The molecule has 0 bridgehead atoms. The van der Waals surface area contributed by atoms with Gasteiger partial charge in [0.05, 0.1) is 59.0 Å². The van der Waals surface area contributed by atoms with Gasteiger partial charge in [-0.15, -0.1) is 0 Å². The quantitative estimate of drug-likeness (QED) is 0.0254. The van der Waals surface area contributed by atoms with Gasteiger partial charge in [0.25, 0.3) is 5.91 Å². The molecule has 18 heteroatoms. The number of aliphatic hydroxyl groups excluding tert-OH is 6. The molecule has 1 unspecified atom stereocenters. The molecule has 0 heterocycles. The lowest BCUT2D eigenvalue weighted by atomic mass is 10.0. The number of methoxy groups -OCH3 is 1. The van der Waals surface area contributed by atoms with Crippen molar-refractivity contribution in [1.29, 1.82) is 0 Å². The van der Waals surface area contributed by atoms with Crippen molar-refractivity contribution in [3.63, 3.8) is 0 Å². The maximum absolute atomic E-state index is 12.4. The minimum Gasteiger partial charge on any atom is -0.397 e. The number of hydrogen-bond acceptors (Lipinski definition) is 14. The lowest BCUT2D eigenvalue weighted by Gasteiger charge is -2.31. The van der Waals surface area contributed by atoms with Crippen LogP contribution in [0.2, 0.25) is 45.3 Å². The molecule has 0 spiro atoms. The zero-order chi connectivity index (χ0) is 35.2. The molecule has 0 aliphatic heterocycles. The zero-order valence-electron chi connectivity index (χ0n) is 28.9. The van der Waals surface area contributed by atoms with Crippen molar-refractivity contribution in [3.8, 4) is 0 Å². The summed E-state index contributed by atoms with van der Waals surface area (Å²) in [5, 5.41) is 61.5. The molecule has 2 radical (unpaired) electrons. The molecule has 7 N–H and O–H groups in total. The van der Waals surface area contributed by atoms with Crippen molar-refractivity contribution >= 4 is 32.1 Å². The van der Waals surface area contributed by atoms with Gasteiger partial charge in [-0.05, 0) is 52.2 Å². The van der Waals surface area contributed by atoms with Crippen LogP contribution in [-0.4, -0.2) is 190 Å². The number of amides is 1. The largest absolute Gasteiger partial charge is 0.397 e. The van der Waals surface area contributed by atoms with Crippen LogP contribution in [0.5, 0.6) is 0 Å². The van der Waals surface area contributed by atoms with E-state index in [1.807, 2.05) is 4.90 Å². The Balaban J connectivity index is 4.93. The van der Waals surface area contributed by atoms with Gasteiger partial charge in [0.2, 0.25) is 0 Å². The Labute approximate surface area is 279 Å². The Hall–Kier alpha value is -0.399. The highest BCUT2D eigenvalue weighted by atomic mass is 28.4. The average Bonchev–Trinajstić information content (AvgIpc) is 2.96. The number of nitrogens with zero attached hydrogens (tertiary/aromatic N) is 1. The molecular weight excluding hydrogens is 657 g/mol. The predicted octanol–water partition coefficient (Wildman–Crippen LogP) is -1.60. The molecule has 15 nitrogen and oxygen atoms in total. The van der Waals surface area contributed by atoms with Gasteiger partial charge in [-0.2, -0.15) is 0 Å². The highest BCUT2D eigenvalue weighted by molar-refractivity contribution is 6.71. The van der Waals surface area contributed by atoms with Gasteiger partial charge in [0, 0.05) is 26.7 Å². The number of aliphatic hydroxyl groups is 6. The molecule has 0 aromatic heterocycles. The van der Waals surface area contributed by atoms with E-state index in [0.717, 1.165) is 12.5 Å². The molecule has 0 aromatic rings. The van der Waals surface area contributed by atoms with E-state index in [-0.39, 0.29) is 25.6 Å². The fourth-order valence-corrected chi connectivity index (χ4v) is 8.70. The van der Waals surface area contributed by atoms with Crippen molar-refractivity contribution in [2.75, 3.05) is 86.1 Å². The number of hydrogen-bond donors (Lipinski definition) is 7. The van der Waals surface area contributed by atoms with Crippen LogP contribution in [0.3, 0.4) is 0 Å². The summed E-state index contributed by atoms with van der Waals surface area (Å²) in [6.07, 6.45) is -7.65. The van der Waals surface area contributed by atoms with Crippen molar-refractivity contribution in [1.82, 2.24) is 10.2 Å². The third-order valence-corrected chi connectivity index (χ3v) is 9.61. The van der Waals surface area contributed by atoms with E-state index in [9.17, 15) is 30.3 Å². The normalized spacial score (nSPS) is 16.1. The van der Waals surface area contributed by atoms with E-state index in [2.05, 4.69) is 44.6 Å². The first kappa shape index (κ1) is 45.6. The van der Waals surface area contributed by atoms with Crippen LogP contribution in [0.4, 0.5) is 0 Å². The Bertz CT molecular complexity index is 749. The monoisotopic (exact) mass is 718 g/mol. The van der Waals surface area contributed by atoms with Crippen molar-refractivity contribution < 1.29 is 63.2 Å². The third-order valence-electron chi connectivity index (χ3n) is 6.09. The second-order valence-electron chi connectivity index (χ2n) is 12.8. The summed E-state index contributed by atoms with van der Waals surface area (Å²) < 4.78 is 33.8. The van der Waals surface area contributed by atoms with E-state index in [4.69, 9.17) is 32.9 Å². The topological polar surface area (TPSA) is 209 Å². The number of ether oxygens (including phenoxy) is 4. The summed E-state index contributed by atoms with van der Waals surface area (Å²) >= 11 is 0. The van der Waals surface area contributed by atoms with Crippen molar-refractivity contribution in [3.05, 3.63) is 0 Å². The van der Waals surface area contributed by atoms with Crippen LogP contribution in [-0.2, 0) is 32.6 Å². The van der Waals surface area contributed by atoms with Gasteiger partial charge in [-0.1, -0.05) is 6.04 Å². The Kier molecular flexibility index (Phi) is 25.3. The van der Waals surface area contributed by atoms with Gasteiger partial charge >= 0.3 is 0 Å². The maximum Gasteiger partial charge on any atom is 0.251 e. The van der Waals surface area contributed by atoms with E-state index < -0.39 is 59.7 Å². The van der Waals surface area contributed by atoms with Gasteiger partial charge < -0.3 is 63.8 Å². The van der Waals surface area contributed by atoms with Crippen molar-refractivity contribution in [2.24, 2.45) is 0 Å². The zero-order valence-corrected chi connectivity index (χ0v) is 31.9. The SMILES string of the molecule is COCCOCCOCCOCC(O)CN(CCC[Si]C(O[Si](C)(C)C)O[Si](C)(C)C)CCNC(=O)[C@H](O)[C@@H](O)[C@H](O)[C@H](O)CO. The van der Waals surface area contributed by atoms with Crippen LogP contribution in [0.15, 0.2) is 0 Å². The number of carbonyl (C=O) groups excluding carboxylic acids is 1. The molecule has 5 atom stereocenters. The molecule has 274 valence electrons. The molecule has 0 aliphatic carbocycles. The van der Waals surface area contributed by atoms with Gasteiger partial charge in [-0.25, -0.2) is 0 Å². The Morgan fingerprint density at radius 1 is 0.804 bits per heavy atom. The second kappa shape index (κ2) is 25.6. The van der Waals surface area contributed by atoms with Crippen molar-refractivity contribution in [2.45, 2.75) is 88.2 Å². The smallest absolute Gasteiger partial charge is 0.251 e. The first-order valence-electron chi connectivity index (χ1n) is 15.8. The van der Waals surface area contributed by atoms with Gasteiger partial charge in [-0.3, -0.25) is 9.69 Å². The predicted molar refractivity (Wildman–Crippen MR) is 179 cm³/mol. The fraction of sp³-hybridized carbons (Fsp3) is 0.964. The minimum absolute atomic E-state index is 0.0809. The van der Waals surface area contributed by atoms with Crippen LogP contribution >= 0.6 is 0 Å². The summed E-state index contributed by atoms with van der Waals surface area (Å²) in [6, 6.07) is 0.845. The van der Waals surface area contributed by atoms with Gasteiger partial charge in [0.15, 0.2) is 22.7 Å². The molecule has 46 heavy (non-hydrogen) atoms. The second-order valence-corrected chi connectivity index (χ2v) is 23.1. The lowest BCUT2D eigenvalue weighted by Crippen LogP contribution is -2.52.